The lowest BCUT2D eigenvalue weighted by Crippen LogP contribution is -2.08. The van der Waals surface area contributed by atoms with Crippen LogP contribution in [-0.2, 0) is 11.3 Å². The van der Waals surface area contributed by atoms with Crippen LogP contribution in [0.5, 0.6) is 0 Å². The Kier molecular flexibility index (Phi) is 4.20. The number of hydrogen-bond acceptors (Lipinski definition) is 3. The molecule has 20 heavy (non-hydrogen) atoms. The quantitative estimate of drug-likeness (QED) is 0.696. The van der Waals surface area contributed by atoms with Gasteiger partial charge in [0.15, 0.2) is 0 Å². The van der Waals surface area contributed by atoms with Crippen molar-refractivity contribution in [3.63, 3.8) is 0 Å². The SMILES string of the molecule is Nc1ccc(F)c(C(=O)OCc2cccc(F)c2Cl)c1. The lowest BCUT2D eigenvalue weighted by atomic mass is 10.2. The predicted octanol–water partition coefficient (Wildman–Crippen LogP) is 3.56. The van der Waals surface area contributed by atoms with Gasteiger partial charge in [0.05, 0.1) is 10.6 Å². The first-order chi connectivity index (χ1) is 9.49. The van der Waals surface area contributed by atoms with E-state index in [-0.39, 0.29) is 22.9 Å². The maximum atomic E-state index is 13.4. The molecule has 0 spiro atoms. The molecule has 0 aliphatic rings. The Morgan fingerprint density at radius 1 is 1.20 bits per heavy atom. The number of ether oxygens (including phenoxy) is 1. The zero-order chi connectivity index (χ0) is 14.7. The average molecular weight is 298 g/mol. The van der Waals surface area contributed by atoms with Crippen LogP contribution in [0.1, 0.15) is 15.9 Å². The van der Waals surface area contributed by atoms with Gasteiger partial charge in [-0.1, -0.05) is 23.7 Å². The standard InChI is InChI=1S/C14H10ClF2NO2/c15-13-8(2-1-3-12(13)17)7-20-14(19)10-6-9(18)4-5-11(10)16/h1-6H,7,18H2. The number of nitrogen functional groups attached to an aromatic ring is 1. The molecule has 2 N–H and O–H groups in total. The Labute approximate surface area is 118 Å². The molecule has 0 aliphatic heterocycles. The number of hydrogen-bond donors (Lipinski definition) is 1. The molecule has 0 aromatic heterocycles. The number of carbonyl (C=O) groups excluding carboxylic acids is 1. The molecule has 0 bridgehead atoms. The molecule has 0 aliphatic carbocycles. The van der Waals surface area contributed by atoms with Gasteiger partial charge in [-0.05, 0) is 24.3 Å². The molecule has 3 nitrogen and oxygen atoms in total. The van der Waals surface area contributed by atoms with E-state index in [9.17, 15) is 13.6 Å². The topological polar surface area (TPSA) is 52.3 Å². The molecule has 6 heteroatoms. The molecule has 0 radical (unpaired) electrons. The second-order valence-corrected chi connectivity index (χ2v) is 4.41. The van der Waals surface area contributed by atoms with Gasteiger partial charge in [-0.15, -0.1) is 0 Å². The molecule has 2 aromatic carbocycles. The fraction of sp³-hybridized carbons (Fsp3) is 0.0714. The summed E-state index contributed by atoms with van der Waals surface area (Å²) in [4.78, 5) is 11.7. The summed E-state index contributed by atoms with van der Waals surface area (Å²) < 4.78 is 31.5. The van der Waals surface area contributed by atoms with Gasteiger partial charge >= 0.3 is 5.97 Å². The van der Waals surface area contributed by atoms with Gasteiger partial charge in [-0.2, -0.15) is 0 Å². The molecule has 2 rings (SSSR count). The average Bonchev–Trinajstić information content (AvgIpc) is 2.43. The fourth-order valence-corrected chi connectivity index (χ4v) is 1.76. The summed E-state index contributed by atoms with van der Waals surface area (Å²) in [7, 11) is 0. The van der Waals surface area contributed by atoms with Crippen molar-refractivity contribution < 1.29 is 18.3 Å². The maximum Gasteiger partial charge on any atom is 0.341 e. The lowest BCUT2D eigenvalue weighted by Gasteiger charge is -2.08. The van der Waals surface area contributed by atoms with E-state index in [1.807, 2.05) is 0 Å². The van der Waals surface area contributed by atoms with Gasteiger partial charge in [0.2, 0.25) is 0 Å². The van der Waals surface area contributed by atoms with E-state index in [0.717, 1.165) is 6.07 Å². The number of anilines is 1. The molecule has 104 valence electrons. The Morgan fingerprint density at radius 3 is 2.70 bits per heavy atom. The highest BCUT2D eigenvalue weighted by Crippen LogP contribution is 2.21. The van der Waals surface area contributed by atoms with Crippen LogP contribution in [0.2, 0.25) is 5.02 Å². The van der Waals surface area contributed by atoms with E-state index >= 15 is 0 Å². The van der Waals surface area contributed by atoms with Gasteiger partial charge in [-0.25, -0.2) is 13.6 Å². The fourth-order valence-electron chi connectivity index (χ4n) is 1.58. The normalized spacial score (nSPS) is 10.3. The smallest absolute Gasteiger partial charge is 0.341 e. The number of benzene rings is 2. The van der Waals surface area contributed by atoms with E-state index in [1.54, 1.807) is 0 Å². The second kappa shape index (κ2) is 5.88. The molecule has 2 aromatic rings. The van der Waals surface area contributed by atoms with Crippen molar-refractivity contribution in [3.05, 3.63) is 64.2 Å². The highest BCUT2D eigenvalue weighted by molar-refractivity contribution is 6.31. The molecule has 0 fully saturated rings. The first kappa shape index (κ1) is 14.3. The van der Waals surface area contributed by atoms with Crippen molar-refractivity contribution in [2.24, 2.45) is 0 Å². The number of esters is 1. The summed E-state index contributed by atoms with van der Waals surface area (Å²) in [5, 5.41) is -0.131. The summed E-state index contributed by atoms with van der Waals surface area (Å²) in [5.41, 5.74) is 5.73. The minimum absolute atomic E-state index is 0.131. The third-order valence-electron chi connectivity index (χ3n) is 2.60. The van der Waals surface area contributed by atoms with Crippen molar-refractivity contribution >= 4 is 23.3 Å². The van der Waals surface area contributed by atoms with Crippen LogP contribution >= 0.6 is 11.6 Å². The third kappa shape index (κ3) is 3.05. The number of rotatable bonds is 3. The summed E-state index contributed by atoms with van der Waals surface area (Å²) >= 11 is 5.72. The van der Waals surface area contributed by atoms with E-state index in [2.05, 4.69) is 0 Å². The Hall–Kier alpha value is -2.14. The van der Waals surface area contributed by atoms with E-state index in [0.29, 0.717) is 5.56 Å². The van der Waals surface area contributed by atoms with Crippen LogP contribution in [0.4, 0.5) is 14.5 Å². The summed E-state index contributed by atoms with van der Waals surface area (Å²) in [6, 6.07) is 7.70. The molecule has 0 saturated heterocycles. The van der Waals surface area contributed by atoms with Gasteiger partial charge in [0.1, 0.15) is 18.2 Å². The highest BCUT2D eigenvalue weighted by atomic mass is 35.5. The lowest BCUT2D eigenvalue weighted by molar-refractivity contribution is 0.0467. The number of halogens is 3. The summed E-state index contributed by atoms with van der Waals surface area (Å²) in [6.07, 6.45) is 0. The second-order valence-electron chi connectivity index (χ2n) is 4.03. The van der Waals surface area contributed by atoms with Gasteiger partial charge in [0, 0.05) is 11.3 Å². The van der Waals surface area contributed by atoms with Crippen molar-refractivity contribution in [2.45, 2.75) is 6.61 Å². The maximum absolute atomic E-state index is 13.4. The molecule has 0 saturated carbocycles. The monoisotopic (exact) mass is 297 g/mol. The van der Waals surface area contributed by atoms with Crippen LogP contribution in [0.25, 0.3) is 0 Å². The van der Waals surface area contributed by atoms with Crippen LogP contribution < -0.4 is 5.73 Å². The van der Waals surface area contributed by atoms with Gasteiger partial charge in [-0.3, -0.25) is 0 Å². The third-order valence-corrected chi connectivity index (χ3v) is 3.02. The Balaban J connectivity index is 2.13. The van der Waals surface area contributed by atoms with Gasteiger partial charge < -0.3 is 10.5 Å². The van der Waals surface area contributed by atoms with Crippen LogP contribution in [0.3, 0.4) is 0 Å². The number of nitrogens with two attached hydrogens (primary N) is 1. The first-order valence-corrected chi connectivity index (χ1v) is 6.02. The predicted molar refractivity (Wildman–Crippen MR) is 71.3 cm³/mol. The molecule has 0 heterocycles. The molecule has 0 unspecified atom stereocenters. The van der Waals surface area contributed by atoms with Crippen molar-refractivity contribution in [1.82, 2.24) is 0 Å². The molecular weight excluding hydrogens is 288 g/mol. The Bertz CT molecular complexity index is 662. The van der Waals surface area contributed by atoms with E-state index < -0.39 is 17.6 Å². The van der Waals surface area contributed by atoms with E-state index in [1.165, 1.54) is 30.3 Å². The van der Waals surface area contributed by atoms with Gasteiger partial charge in [0.25, 0.3) is 0 Å². The van der Waals surface area contributed by atoms with Crippen LogP contribution in [0, 0.1) is 11.6 Å². The molecule has 0 atom stereocenters. The van der Waals surface area contributed by atoms with Crippen molar-refractivity contribution in [1.29, 1.82) is 0 Å². The largest absolute Gasteiger partial charge is 0.457 e. The summed E-state index contributed by atoms with van der Waals surface area (Å²) in [6.45, 7) is -0.260. The van der Waals surface area contributed by atoms with E-state index in [4.69, 9.17) is 22.1 Å². The number of carbonyl (C=O) groups is 1. The zero-order valence-electron chi connectivity index (χ0n) is 10.2. The first-order valence-electron chi connectivity index (χ1n) is 5.64. The van der Waals surface area contributed by atoms with Crippen molar-refractivity contribution in [3.8, 4) is 0 Å². The van der Waals surface area contributed by atoms with Crippen LogP contribution in [-0.4, -0.2) is 5.97 Å². The summed E-state index contributed by atoms with van der Waals surface area (Å²) in [5.74, 6) is -2.25. The minimum Gasteiger partial charge on any atom is -0.457 e. The minimum atomic E-state index is -0.893. The molecule has 0 amide bonds. The Morgan fingerprint density at radius 2 is 1.95 bits per heavy atom. The zero-order valence-corrected chi connectivity index (χ0v) is 11.0. The highest BCUT2D eigenvalue weighted by Gasteiger charge is 2.15. The molecular formula is C14H10ClF2NO2. The van der Waals surface area contributed by atoms with Crippen LogP contribution in [0.15, 0.2) is 36.4 Å². The van der Waals surface area contributed by atoms with Crippen molar-refractivity contribution in [2.75, 3.05) is 5.73 Å².